The molecule has 258 valence electrons. The summed E-state index contributed by atoms with van der Waals surface area (Å²) in [7, 11) is 3.10. The normalized spacial score (nSPS) is 21.8. The molecule has 0 spiro atoms. The summed E-state index contributed by atoms with van der Waals surface area (Å²) in [6.45, 7) is 8.82. The molecule has 5 rings (SSSR count). The van der Waals surface area contributed by atoms with Gasteiger partial charge in [-0.25, -0.2) is 14.0 Å². The lowest BCUT2D eigenvalue weighted by molar-refractivity contribution is 0.0159. The molecule has 48 heavy (non-hydrogen) atoms. The highest BCUT2D eigenvalue weighted by Crippen LogP contribution is 2.51. The quantitative estimate of drug-likeness (QED) is 0.274. The maximum absolute atomic E-state index is 16.5. The van der Waals surface area contributed by atoms with Crippen molar-refractivity contribution < 1.29 is 23.8 Å². The number of methoxy groups -OCH3 is 1. The zero-order chi connectivity index (χ0) is 35.0. The fourth-order valence-corrected chi connectivity index (χ4v) is 6.65. The average molecular weight is 684 g/mol. The van der Waals surface area contributed by atoms with Gasteiger partial charge in [0.2, 0.25) is 0 Å². The van der Waals surface area contributed by atoms with Gasteiger partial charge >= 0.3 is 11.8 Å². The Morgan fingerprint density at radius 2 is 1.85 bits per heavy atom. The van der Waals surface area contributed by atoms with Crippen molar-refractivity contribution in [3.05, 3.63) is 98.9 Å². The number of aliphatic hydroxyl groups is 1. The van der Waals surface area contributed by atoms with E-state index in [-0.39, 0.29) is 47.2 Å². The zero-order valence-corrected chi connectivity index (χ0v) is 28.9. The van der Waals surface area contributed by atoms with Crippen LogP contribution in [-0.4, -0.2) is 80.9 Å². The largest absolute Gasteiger partial charge is 0.444 e. The number of anilines is 1. The van der Waals surface area contributed by atoms with Crippen LogP contribution in [0.25, 0.3) is 11.3 Å². The number of pyridine rings is 1. The van der Waals surface area contributed by atoms with Gasteiger partial charge in [-0.15, -0.1) is 11.6 Å². The summed E-state index contributed by atoms with van der Waals surface area (Å²) in [6.07, 6.45) is 4.11. The fraction of sp³-hybridized carbons (Fsp3) is 0.457. The number of ether oxygens (including phenoxy) is 2. The van der Waals surface area contributed by atoms with Crippen molar-refractivity contribution in [1.29, 1.82) is 0 Å². The third-order valence-corrected chi connectivity index (χ3v) is 9.25. The van der Waals surface area contributed by atoms with Crippen LogP contribution in [0.3, 0.4) is 0 Å². The molecular weight excluding hydrogens is 641 g/mol. The highest BCUT2D eigenvalue weighted by atomic mass is 35.5. The summed E-state index contributed by atoms with van der Waals surface area (Å²) in [5.74, 6) is -0.805. The minimum Gasteiger partial charge on any atom is -0.444 e. The molecule has 0 radical (unpaired) electrons. The molecule has 13 heteroatoms. The number of carbonyl (C=O) groups is 1. The van der Waals surface area contributed by atoms with Crippen LogP contribution < -0.4 is 16.1 Å². The summed E-state index contributed by atoms with van der Waals surface area (Å²) in [5, 5.41) is 12.1. The van der Waals surface area contributed by atoms with E-state index in [1.807, 2.05) is 11.8 Å². The first-order valence-corrected chi connectivity index (χ1v) is 16.3. The number of hydrogen-bond donors (Lipinski definition) is 1. The lowest BCUT2D eigenvalue weighted by Gasteiger charge is -2.42. The van der Waals surface area contributed by atoms with Crippen molar-refractivity contribution in [3.63, 3.8) is 0 Å². The van der Waals surface area contributed by atoms with Gasteiger partial charge in [0.05, 0.1) is 5.70 Å². The number of carbonyl (C=O) groups excluding carboxylic acids is 1. The summed E-state index contributed by atoms with van der Waals surface area (Å²) in [5.41, 5.74) is -0.563. The predicted molar refractivity (Wildman–Crippen MR) is 184 cm³/mol. The highest BCUT2D eigenvalue weighted by molar-refractivity contribution is 6.31. The molecule has 0 bridgehead atoms. The minimum atomic E-state index is -2.05. The van der Waals surface area contributed by atoms with E-state index >= 15 is 4.39 Å². The number of nitrogens with zero attached hydrogens (tertiary/aromatic N) is 5. The molecule has 0 saturated carbocycles. The molecule has 1 aliphatic heterocycles. The van der Waals surface area contributed by atoms with Gasteiger partial charge in [0, 0.05) is 77.1 Å². The average Bonchev–Trinajstić information content (AvgIpc) is 3.36. The molecule has 2 aliphatic rings. The van der Waals surface area contributed by atoms with Crippen LogP contribution in [0.15, 0.2) is 76.5 Å². The summed E-state index contributed by atoms with van der Waals surface area (Å²) < 4.78 is 31.2. The third-order valence-electron chi connectivity index (χ3n) is 8.65. The lowest BCUT2D eigenvalue weighted by Crippen LogP contribution is -2.56. The lowest BCUT2D eigenvalue weighted by atomic mass is 9.79. The standard InChI is InChI=1S/C35H43ClFN5O6/c1-23-21-39(15-17-41(23)33(46)48-34(2,3)4)28-19-25(22-40(31(28)44)13-10-18-47-6)35(36)29(42-16-14-38(5)32(42)45)27(37)20-26(30(35)43)24-11-8-7-9-12-24/h7-9,11-12,14,16,19-20,22-23,30,43H,10,13,15,17-18,21H2,1-6H3/t23-,30?,35?/m1/s1. The Morgan fingerprint density at radius 3 is 2.46 bits per heavy atom. The van der Waals surface area contributed by atoms with Gasteiger partial charge in [-0.2, -0.15) is 0 Å². The van der Waals surface area contributed by atoms with E-state index in [4.69, 9.17) is 21.1 Å². The number of aromatic nitrogens is 3. The number of aryl methyl sites for hydroxylation is 2. The van der Waals surface area contributed by atoms with Gasteiger partial charge in [0.25, 0.3) is 5.56 Å². The Labute approximate surface area is 284 Å². The van der Waals surface area contributed by atoms with Crippen LogP contribution in [0.2, 0.25) is 0 Å². The van der Waals surface area contributed by atoms with Crippen molar-refractivity contribution >= 4 is 34.7 Å². The molecule has 3 aromatic rings. The molecular formula is C35H43ClFN5O6. The second-order valence-electron chi connectivity index (χ2n) is 13.3. The van der Waals surface area contributed by atoms with Crippen molar-refractivity contribution in [2.24, 2.45) is 7.05 Å². The molecule has 1 N–H and O–H groups in total. The van der Waals surface area contributed by atoms with Gasteiger partial charge < -0.3 is 33.5 Å². The first-order chi connectivity index (χ1) is 22.7. The molecule has 1 fully saturated rings. The number of hydrogen-bond acceptors (Lipinski definition) is 7. The van der Waals surface area contributed by atoms with E-state index in [9.17, 15) is 19.5 Å². The number of allylic oxidation sites excluding steroid dienone is 2. The van der Waals surface area contributed by atoms with E-state index in [0.717, 1.165) is 4.57 Å². The van der Waals surface area contributed by atoms with Crippen molar-refractivity contribution in [2.75, 3.05) is 38.3 Å². The zero-order valence-electron chi connectivity index (χ0n) is 28.2. The van der Waals surface area contributed by atoms with E-state index < -0.39 is 34.2 Å². The van der Waals surface area contributed by atoms with Gasteiger partial charge in [0.15, 0.2) is 0 Å². The Kier molecular flexibility index (Phi) is 10.1. The highest BCUT2D eigenvalue weighted by Gasteiger charge is 2.50. The number of halogens is 2. The van der Waals surface area contributed by atoms with Gasteiger partial charge in [-0.05, 0) is 57.4 Å². The molecule has 1 aliphatic carbocycles. The number of rotatable bonds is 8. The van der Waals surface area contributed by atoms with Crippen LogP contribution in [0, 0.1) is 0 Å². The van der Waals surface area contributed by atoms with Gasteiger partial charge in [-0.3, -0.25) is 9.36 Å². The number of imidazole rings is 1. The SMILES string of the molecule is COCCCn1cc(C2(Cl)C(n3ccn(C)c3=O)=C(F)C=C(c3ccccc3)C2O)cc(N2CCN(C(=O)OC(C)(C)C)[C@H](C)C2)c1=O. The van der Waals surface area contributed by atoms with Crippen LogP contribution >= 0.6 is 11.6 Å². The predicted octanol–water partition coefficient (Wildman–Crippen LogP) is 4.56. The van der Waals surface area contributed by atoms with Gasteiger partial charge in [-0.1, -0.05) is 30.3 Å². The summed E-state index contributed by atoms with van der Waals surface area (Å²) in [4.78, 5) is 41.7. The van der Waals surface area contributed by atoms with Gasteiger partial charge in [0.1, 0.15) is 28.1 Å². The fourth-order valence-electron chi connectivity index (χ4n) is 6.25. The van der Waals surface area contributed by atoms with Crippen molar-refractivity contribution in [3.8, 4) is 0 Å². The molecule has 3 heterocycles. The first-order valence-electron chi connectivity index (χ1n) is 15.9. The minimum absolute atomic E-state index is 0.216. The van der Waals surface area contributed by atoms with E-state index in [2.05, 4.69) is 0 Å². The summed E-state index contributed by atoms with van der Waals surface area (Å²) in [6, 6.07) is 10.1. The molecule has 11 nitrogen and oxygen atoms in total. The summed E-state index contributed by atoms with van der Waals surface area (Å²) >= 11 is 7.54. The van der Waals surface area contributed by atoms with Crippen LogP contribution in [0.5, 0.6) is 0 Å². The van der Waals surface area contributed by atoms with Crippen molar-refractivity contribution in [1.82, 2.24) is 18.6 Å². The van der Waals surface area contributed by atoms with E-state index in [0.29, 0.717) is 31.7 Å². The first kappa shape index (κ1) is 35.2. The Balaban J connectivity index is 1.66. The topological polar surface area (TPSA) is 111 Å². The second kappa shape index (κ2) is 13.8. The van der Waals surface area contributed by atoms with Crippen LogP contribution in [0.4, 0.5) is 14.9 Å². The number of aliphatic hydroxyl groups excluding tert-OH is 1. The van der Waals surface area contributed by atoms with E-state index in [1.165, 1.54) is 40.8 Å². The molecule has 2 aromatic heterocycles. The van der Waals surface area contributed by atoms with Crippen molar-refractivity contribution in [2.45, 2.75) is 63.3 Å². The molecule has 1 aromatic carbocycles. The Morgan fingerprint density at radius 1 is 1.15 bits per heavy atom. The molecule has 1 amide bonds. The molecule has 1 saturated heterocycles. The number of benzene rings is 1. The maximum Gasteiger partial charge on any atom is 0.410 e. The monoisotopic (exact) mass is 683 g/mol. The smallest absolute Gasteiger partial charge is 0.410 e. The van der Waals surface area contributed by atoms with Crippen LogP contribution in [-0.2, 0) is 27.9 Å². The number of alkyl halides is 1. The Bertz CT molecular complexity index is 1840. The number of amides is 1. The molecule has 2 unspecified atom stereocenters. The van der Waals surface area contributed by atoms with Crippen LogP contribution in [0.1, 0.15) is 45.2 Å². The Hall–Kier alpha value is -4.13. The maximum atomic E-state index is 16.5. The van der Waals surface area contributed by atoms with E-state index in [1.54, 1.807) is 69.2 Å². The second-order valence-corrected chi connectivity index (χ2v) is 13.9. The molecule has 3 atom stereocenters. The number of piperazine rings is 1. The third kappa shape index (κ3) is 6.74.